The van der Waals surface area contributed by atoms with Crippen molar-refractivity contribution >= 4 is 23.4 Å². The predicted octanol–water partition coefficient (Wildman–Crippen LogP) is 3.64. The summed E-state index contributed by atoms with van der Waals surface area (Å²) in [4.78, 5) is 21.5. The Morgan fingerprint density at radius 2 is 2.13 bits per heavy atom. The number of amides is 1. The third kappa shape index (κ3) is 5.13. The van der Waals surface area contributed by atoms with Crippen LogP contribution in [0.25, 0.3) is 0 Å². The SMILES string of the molecule is CCNc1nc(Nc2cc(F)c(C(=O)N3CCCOC3)cc2OC)ncc1C(F)(F)F. The van der Waals surface area contributed by atoms with Crippen molar-refractivity contribution in [1.29, 1.82) is 0 Å². The summed E-state index contributed by atoms with van der Waals surface area (Å²) in [7, 11) is 1.31. The molecule has 1 saturated heterocycles. The number of carbonyl (C=O) groups is 1. The smallest absolute Gasteiger partial charge is 0.421 e. The van der Waals surface area contributed by atoms with Crippen LogP contribution in [-0.4, -0.2) is 54.3 Å². The Bertz CT molecular complexity index is 949. The second-order valence-electron chi connectivity index (χ2n) is 6.60. The Morgan fingerprint density at radius 3 is 2.74 bits per heavy atom. The minimum atomic E-state index is -4.64. The molecule has 12 heteroatoms. The van der Waals surface area contributed by atoms with Gasteiger partial charge in [0.05, 0.1) is 25.0 Å². The Balaban J connectivity index is 1.90. The average molecular weight is 443 g/mol. The summed E-state index contributed by atoms with van der Waals surface area (Å²) in [5.41, 5.74) is -1.19. The van der Waals surface area contributed by atoms with Gasteiger partial charge in [0.25, 0.3) is 5.91 Å². The molecule has 0 aliphatic carbocycles. The summed E-state index contributed by atoms with van der Waals surface area (Å²) in [6.07, 6.45) is -3.37. The van der Waals surface area contributed by atoms with Gasteiger partial charge in [0.1, 0.15) is 29.7 Å². The van der Waals surface area contributed by atoms with Crippen LogP contribution in [0, 0.1) is 5.82 Å². The van der Waals surface area contributed by atoms with Crippen molar-refractivity contribution in [2.75, 3.05) is 44.2 Å². The molecular formula is C19H21F4N5O3. The molecule has 0 atom stereocenters. The molecule has 0 bridgehead atoms. The van der Waals surface area contributed by atoms with Crippen LogP contribution in [0.15, 0.2) is 18.3 Å². The molecular weight excluding hydrogens is 422 g/mol. The lowest BCUT2D eigenvalue weighted by atomic mass is 10.1. The molecule has 2 heterocycles. The van der Waals surface area contributed by atoms with Gasteiger partial charge in [-0.1, -0.05) is 0 Å². The number of nitrogens with zero attached hydrogens (tertiary/aromatic N) is 3. The fourth-order valence-electron chi connectivity index (χ4n) is 2.98. The lowest BCUT2D eigenvalue weighted by molar-refractivity contribution is -0.137. The molecule has 0 spiro atoms. The van der Waals surface area contributed by atoms with E-state index in [0.717, 1.165) is 6.07 Å². The highest BCUT2D eigenvalue weighted by Crippen LogP contribution is 2.35. The van der Waals surface area contributed by atoms with E-state index in [4.69, 9.17) is 9.47 Å². The number of halogens is 4. The summed E-state index contributed by atoms with van der Waals surface area (Å²) in [5.74, 6) is -1.91. The Kier molecular flexibility index (Phi) is 6.78. The Morgan fingerprint density at radius 1 is 1.35 bits per heavy atom. The molecule has 0 unspecified atom stereocenters. The lowest BCUT2D eigenvalue weighted by Gasteiger charge is -2.27. The van der Waals surface area contributed by atoms with E-state index in [1.54, 1.807) is 6.92 Å². The van der Waals surface area contributed by atoms with Gasteiger partial charge in [0.2, 0.25) is 5.95 Å². The molecule has 31 heavy (non-hydrogen) atoms. The van der Waals surface area contributed by atoms with Crippen LogP contribution in [-0.2, 0) is 10.9 Å². The van der Waals surface area contributed by atoms with E-state index < -0.39 is 29.3 Å². The van der Waals surface area contributed by atoms with Crippen LogP contribution in [0.1, 0.15) is 29.3 Å². The lowest BCUT2D eigenvalue weighted by Crippen LogP contribution is -2.38. The standard InChI is InChI=1S/C19H21F4N5O3/c1-3-24-16-12(19(21,22)23)9-25-18(27-16)26-14-8-13(20)11(7-15(14)30-2)17(29)28-5-4-6-31-10-28/h7-9H,3-6,10H2,1-2H3,(H2,24,25,26,27). The van der Waals surface area contributed by atoms with Crippen molar-refractivity contribution < 1.29 is 31.8 Å². The summed E-state index contributed by atoms with van der Waals surface area (Å²) in [6, 6.07) is 2.22. The maximum atomic E-state index is 14.7. The minimum Gasteiger partial charge on any atom is -0.495 e. The molecule has 1 amide bonds. The number of carbonyl (C=O) groups excluding carboxylic acids is 1. The van der Waals surface area contributed by atoms with E-state index in [1.807, 2.05) is 0 Å². The van der Waals surface area contributed by atoms with Gasteiger partial charge < -0.3 is 25.0 Å². The van der Waals surface area contributed by atoms with Crippen molar-refractivity contribution in [2.24, 2.45) is 0 Å². The normalized spacial score (nSPS) is 14.3. The second-order valence-corrected chi connectivity index (χ2v) is 6.60. The fraction of sp³-hybridized carbons (Fsp3) is 0.421. The number of alkyl halides is 3. The molecule has 1 aliphatic rings. The molecule has 1 aromatic carbocycles. The Hall–Kier alpha value is -3.15. The number of ether oxygens (including phenoxy) is 2. The first-order valence-electron chi connectivity index (χ1n) is 9.44. The maximum Gasteiger partial charge on any atom is 0.421 e. The third-order valence-electron chi connectivity index (χ3n) is 4.46. The summed E-state index contributed by atoms with van der Waals surface area (Å²) in [5, 5.41) is 5.17. The molecule has 0 saturated carbocycles. The van der Waals surface area contributed by atoms with E-state index in [-0.39, 0.29) is 36.2 Å². The van der Waals surface area contributed by atoms with E-state index in [1.165, 1.54) is 18.1 Å². The summed E-state index contributed by atoms with van der Waals surface area (Å²) in [6.45, 7) is 2.85. The van der Waals surface area contributed by atoms with E-state index in [9.17, 15) is 22.4 Å². The van der Waals surface area contributed by atoms with Gasteiger partial charge in [0, 0.05) is 25.4 Å². The van der Waals surface area contributed by atoms with E-state index in [0.29, 0.717) is 25.8 Å². The first kappa shape index (κ1) is 22.5. The van der Waals surface area contributed by atoms with E-state index >= 15 is 0 Å². The zero-order chi connectivity index (χ0) is 22.6. The molecule has 3 rings (SSSR count). The second kappa shape index (κ2) is 9.33. The topological polar surface area (TPSA) is 88.6 Å². The number of anilines is 3. The van der Waals surface area contributed by atoms with Crippen molar-refractivity contribution in [1.82, 2.24) is 14.9 Å². The molecule has 1 aromatic heterocycles. The quantitative estimate of drug-likeness (QED) is 0.659. The van der Waals surface area contributed by atoms with Gasteiger partial charge in [-0.15, -0.1) is 0 Å². The molecule has 0 radical (unpaired) electrons. The number of rotatable bonds is 6. The summed E-state index contributed by atoms with van der Waals surface area (Å²) >= 11 is 0. The van der Waals surface area contributed by atoms with E-state index in [2.05, 4.69) is 20.6 Å². The highest BCUT2D eigenvalue weighted by molar-refractivity contribution is 5.95. The number of aromatic nitrogens is 2. The highest BCUT2D eigenvalue weighted by atomic mass is 19.4. The molecule has 1 aliphatic heterocycles. The van der Waals surface area contributed by atoms with Gasteiger partial charge >= 0.3 is 6.18 Å². The predicted molar refractivity (Wildman–Crippen MR) is 104 cm³/mol. The van der Waals surface area contributed by atoms with Crippen LogP contribution in [0.3, 0.4) is 0 Å². The van der Waals surface area contributed by atoms with Crippen molar-refractivity contribution in [3.8, 4) is 5.75 Å². The number of methoxy groups -OCH3 is 1. The van der Waals surface area contributed by atoms with Gasteiger partial charge in [-0.3, -0.25) is 4.79 Å². The van der Waals surface area contributed by atoms with Crippen LogP contribution < -0.4 is 15.4 Å². The highest BCUT2D eigenvalue weighted by Gasteiger charge is 2.35. The van der Waals surface area contributed by atoms with Gasteiger partial charge in [-0.2, -0.15) is 18.2 Å². The number of hydrogen-bond acceptors (Lipinski definition) is 7. The average Bonchev–Trinajstić information content (AvgIpc) is 2.74. The fourth-order valence-corrected chi connectivity index (χ4v) is 2.98. The molecule has 8 nitrogen and oxygen atoms in total. The monoisotopic (exact) mass is 443 g/mol. The van der Waals surface area contributed by atoms with Crippen LogP contribution in [0.5, 0.6) is 5.75 Å². The molecule has 2 aromatic rings. The van der Waals surface area contributed by atoms with Crippen molar-refractivity contribution in [3.05, 3.63) is 35.3 Å². The Labute approximate surface area is 175 Å². The number of nitrogens with one attached hydrogen (secondary N) is 2. The molecule has 1 fully saturated rings. The number of benzene rings is 1. The summed E-state index contributed by atoms with van der Waals surface area (Å²) < 4.78 is 64.5. The van der Waals surface area contributed by atoms with Crippen molar-refractivity contribution in [2.45, 2.75) is 19.5 Å². The molecule has 168 valence electrons. The van der Waals surface area contributed by atoms with Crippen LogP contribution >= 0.6 is 0 Å². The zero-order valence-corrected chi connectivity index (χ0v) is 16.8. The van der Waals surface area contributed by atoms with Crippen LogP contribution in [0.4, 0.5) is 35.0 Å². The van der Waals surface area contributed by atoms with Gasteiger partial charge in [0.15, 0.2) is 0 Å². The number of hydrogen-bond donors (Lipinski definition) is 2. The van der Waals surface area contributed by atoms with Gasteiger partial charge in [-0.05, 0) is 19.4 Å². The first-order valence-corrected chi connectivity index (χ1v) is 9.44. The minimum absolute atomic E-state index is 0.0497. The van der Waals surface area contributed by atoms with Crippen molar-refractivity contribution in [3.63, 3.8) is 0 Å². The maximum absolute atomic E-state index is 14.7. The first-order chi connectivity index (χ1) is 14.7. The van der Waals surface area contributed by atoms with Gasteiger partial charge in [-0.25, -0.2) is 9.37 Å². The largest absolute Gasteiger partial charge is 0.495 e. The van der Waals surface area contributed by atoms with Crippen LogP contribution in [0.2, 0.25) is 0 Å². The zero-order valence-electron chi connectivity index (χ0n) is 16.8. The molecule has 2 N–H and O–H groups in total. The third-order valence-corrected chi connectivity index (χ3v) is 4.46.